The van der Waals surface area contributed by atoms with Crippen LogP contribution in [0.25, 0.3) is 16.7 Å². The van der Waals surface area contributed by atoms with Gasteiger partial charge >= 0.3 is 5.97 Å². The summed E-state index contributed by atoms with van der Waals surface area (Å²) in [5.41, 5.74) is 4.74. The second kappa shape index (κ2) is 8.68. The maximum absolute atomic E-state index is 12.8. The quantitative estimate of drug-likeness (QED) is 0.306. The van der Waals surface area contributed by atoms with Crippen molar-refractivity contribution in [3.05, 3.63) is 65.2 Å². The molecule has 1 aliphatic carbocycles. The Morgan fingerprint density at radius 2 is 1.56 bits per heavy atom. The van der Waals surface area contributed by atoms with Crippen LogP contribution in [0.2, 0.25) is 0 Å². The highest BCUT2D eigenvalue weighted by Crippen LogP contribution is 2.45. The van der Waals surface area contributed by atoms with Crippen LogP contribution in [0.5, 0.6) is 0 Å². The van der Waals surface area contributed by atoms with Crippen LogP contribution in [-0.2, 0) is 9.53 Å². The highest BCUT2D eigenvalue weighted by atomic mass is 16.5. The van der Waals surface area contributed by atoms with E-state index in [4.69, 9.17) is 4.74 Å². The fraction of sp³-hybridized carbons (Fsp3) is 0.333. The summed E-state index contributed by atoms with van der Waals surface area (Å²) < 4.78 is 5.57. The molecular weight excluding hydrogens is 334 g/mol. The molecule has 27 heavy (non-hydrogen) atoms. The van der Waals surface area contributed by atoms with E-state index in [1.54, 1.807) is 0 Å². The number of benzene rings is 2. The molecule has 0 amide bonds. The van der Waals surface area contributed by atoms with Gasteiger partial charge in [-0.3, -0.25) is 0 Å². The fourth-order valence-corrected chi connectivity index (χ4v) is 3.65. The van der Waals surface area contributed by atoms with Gasteiger partial charge in [0.2, 0.25) is 0 Å². The molecule has 3 rings (SSSR count). The van der Waals surface area contributed by atoms with Gasteiger partial charge in [-0.25, -0.2) is 4.79 Å². The van der Waals surface area contributed by atoms with Crippen LogP contribution in [0, 0.1) is 17.2 Å². The van der Waals surface area contributed by atoms with Gasteiger partial charge in [0.25, 0.3) is 0 Å². The molecule has 0 radical (unpaired) electrons. The lowest BCUT2D eigenvalue weighted by Crippen LogP contribution is -2.16. The van der Waals surface area contributed by atoms with Crippen molar-refractivity contribution in [1.82, 2.24) is 0 Å². The summed E-state index contributed by atoms with van der Waals surface area (Å²) in [5, 5.41) is 9.76. The second-order valence-electron chi connectivity index (χ2n) is 6.97. The SMILES string of the molecule is CCCCC(CC)COC(=O)C(C#N)=C1c2ccccc2-c2ccccc21. The molecule has 0 aromatic heterocycles. The van der Waals surface area contributed by atoms with Gasteiger partial charge in [-0.1, -0.05) is 81.6 Å². The first-order valence-electron chi connectivity index (χ1n) is 9.71. The van der Waals surface area contributed by atoms with E-state index in [9.17, 15) is 10.1 Å². The summed E-state index contributed by atoms with van der Waals surface area (Å²) in [7, 11) is 0. The number of nitrogens with zero attached hydrogens (tertiary/aromatic N) is 1. The molecule has 0 fully saturated rings. The average Bonchev–Trinajstić information content (AvgIpc) is 3.04. The molecule has 0 saturated carbocycles. The zero-order valence-electron chi connectivity index (χ0n) is 16.0. The van der Waals surface area contributed by atoms with E-state index in [1.807, 2.05) is 48.5 Å². The smallest absolute Gasteiger partial charge is 0.349 e. The van der Waals surface area contributed by atoms with Crippen molar-refractivity contribution >= 4 is 11.5 Å². The van der Waals surface area contributed by atoms with Crippen molar-refractivity contribution in [1.29, 1.82) is 5.26 Å². The Kier molecular flexibility index (Phi) is 6.08. The normalized spacial score (nSPS) is 12.7. The predicted octanol–water partition coefficient (Wildman–Crippen LogP) is 5.75. The van der Waals surface area contributed by atoms with Crippen molar-refractivity contribution in [3.63, 3.8) is 0 Å². The Hall–Kier alpha value is -2.86. The van der Waals surface area contributed by atoms with E-state index < -0.39 is 5.97 Å². The number of carbonyl (C=O) groups excluding carboxylic acids is 1. The summed E-state index contributed by atoms with van der Waals surface area (Å²) >= 11 is 0. The minimum absolute atomic E-state index is 0.0951. The molecule has 3 heteroatoms. The van der Waals surface area contributed by atoms with Gasteiger partial charge in [0.15, 0.2) is 0 Å². The van der Waals surface area contributed by atoms with Crippen LogP contribution in [0.15, 0.2) is 54.1 Å². The summed E-state index contributed by atoms with van der Waals surface area (Å²) in [4.78, 5) is 12.8. The standard InChI is InChI=1S/C24H25NO2/c1-3-5-10-17(4-2)16-27-24(26)22(15-25)23-20-13-8-6-11-18(20)19-12-7-9-14-21(19)23/h6-9,11-14,17H,3-5,10,16H2,1-2H3. The van der Waals surface area contributed by atoms with E-state index in [1.165, 1.54) is 0 Å². The number of ether oxygens (including phenoxy) is 1. The largest absolute Gasteiger partial charge is 0.461 e. The lowest BCUT2D eigenvalue weighted by atomic mass is 9.98. The monoisotopic (exact) mass is 359 g/mol. The van der Waals surface area contributed by atoms with Gasteiger partial charge in [-0.2, -0.15) is 5.26 Å². The number of esters is 1. The molecule has 1 atom stereocenters. The summed E-state index contributed by atoms with van der Waals surface area (Å²) in [5.74, 6) is -0.170. The number of rotatable bonds is 7. The predicted molar refractivity (Wildman–Crippen MR) is 108 cm³/mol. The first-order valence-corrected chi connectivity index (χ1v) is 9.71. The first kappa shape index (κ1) is 18.9. The highest BCUT2D eigenvalue weighted by molar-refractivity contribution is 6.12. The second-order valence-corrected chi connectivity index (χ2v) is 6.97. The molecule has 0 aliphatic heterocycles. The lowest BCUT2D eigenvalue weighted by Gasteiger charge is -2.15. The molecule has 0 saturated heterocycles. The number of carbonyl (C=O) groups is 1. The van der Waals surface area contributed by atoms with E-state index >= 15 is 0 Å². The fourth-order valence-electron chi connectivity index (χ4n) is 3.65. The minimum atomic E-state index is -0.519. The molecule has 2 aromatic rings. The van der Waals surface area contributed by atoms with Crippen molar-refractivity contribution in [2.75, 3.05) is 6.61 Å². The van der Waals surface area contributed by atoms with Gasteiger partial charge in [0.05, 0.1) is 6.61 Å². The van der Waals surface area contributed by atoms with Crippen LogP contribution in [0.4, 0.5) is 0 Å². The van der Waals surface area contributed by atoms with Gasteiger partial charge < -0.3 is 4.74 Å². The maximum atomic E-state index is 12.8. The number of hydrogen-bond donors (Lipinski definition) is 0. The molecule has 3 nitrogen and oxygen atoms in total. The molecule has 2 aromatic carbocycles. The van der Waals surface area contributed by atoms with E-state index in [2.05, 4.69) is 19.9 Å². The first-order chi connectivity index (χ1) is 13.2. The molecule has 0 spiro atoms. The van der Waals surface area contributed by atoms with Crippen LogP contribution in [0.1, 0.15) is 50.7 Å². The third-order valence-electron chi connectivity index (χ3n) is 5.24. The lowest BCUT2D eigenvalue weighted by molar-refractivity contribution is -0.139. The number of nitriles is 1. The van der Waals surface area contributed by atoms with Crippen molar-refractivity contribution in [2.24, 2.45) is 5.92 Å². The van der Waals surface area contributed by atoms with Crippen molar-refractivity contribution in [3.8, 4) is 17.2 Å². The van der Waals surface area contributed by atoms with E-state index in [-0.39, 0.29) is 5.57 Å². The van der Waals surface area contributed by atoms with E-state index in [0.29, 0.717) is 18.1 Å². The Labute approximate surface area is 161 Å². The van der Waals surface area contributed by atoms with Crippen LogP contribution in [-0.4, -0.2) is 12.6 Å². The van der Waals surface area contributed by atoms with Crippen molar-refractivity contribution < 1.29 is 9.53 Å². The Balaban J connectivity index is 1.93. The summed E-state index contributed by atoms with van der Waals surface area (Å²) in [6, 6.07) is 17.9. The third kappa shape index (κ3) is 3.80. The molecule has 138 valence electrons. The average molecular weight is 359 g/mol. The molecule has 0 heterocycles. The zero-order valence-corrected chi connectivity index (χ0v) is 16.0. The van der Waals surface area contributed by atoms with Gasteiger partial charge in [-0.05, 0) is 34.6 Å². The molecule has 0 N–H and O–H groups in total. The molecule has 1 aliphatic rings. The van der Waals surface area contributed by atoms with Crippen LogP contribution in [0.3, 0.4) is 0 Å². The minimum Gasteiger partial charge on any atom is -0.461 e. The topological polar surface area (TPSA) is 50.1 Å². The highest BCUT2D eigenvalue weighted by Gasteiger charge is 2.29. The Bertz CT molecular complexity index is 857. The third-order valence-corrected chi connectivity index (χ3v) is 5.24. The molecule has 1 unspecified atom stereocenters. The van der Waals surface area contributed by atoms with Crippen LogP contribution >= 0.6 is 0 Å². The number of hydrogen-bond acceptors (Lipinski definition) is 3. The maximum Gasteiger partial charge on any atom is 0.349 e. The Morgan fingerprint density at radius 1 is 1.00 bits per heavy atom. The van der Waals surface area contributed by atoms with Gasteiger partial charge in [-0.15, -0.1) is 0 Å². The van der Waals surface area contributed by atoms with Crippen molar-refractivity contribution in [2.45, 2.75) is 39.5 Å². The molecule has 0 bridgehead atoms. The number of fused-ring (bicyclic) bond motifs is 3. The molecular formula is C24H25NO2. The van der Waals surface area contributed by atoms with Gasteiger partial charge in [0.1, 0.15) is 11.6 Å². The van der Waals surface area contributed by atoms with Crippen LogP contribution < -0.4 is 0 Å². The zero-order chi connectivity index (χ0) is 19.2. The van der Waals surface area contributed by atoms with E-state index in [0.717, 1.165) is 47.9 Å². The Morgan fingerprint density at radius 3 is 2.04 bits per heavy atom. The summed E-state index contributed by atoms with van der Waals surface area (Å²) in [6.07, 6.45) is 4.27. The van der Waals surface area contributed by atoms with Gasteiger partial charge in [0, 0.05) is 5.57 Å². The summed E-state index contributed by atoms with van der Waals surface area (Å²) in [6.45, 7) is 4.64. The number of unbranched alkanes of at least 4 members (excludes halogenated alkanes) is 1.